The highest BCUT2D eigenvalue weighted by Gasteiger charge is 2.49. The van der Waals surface area contributed by atoms with Crippen molar-refractivity contribution in [3.05, 3.63) is 47.5 Å². The molecule has 0 unspecified atom stereocenters. The zero-order valence-electron chi connectivity index (χ0n) is 18.8. The molecule has 0 radical (unpaired) electrons. The summed E-state index contributed by atoms with van der Waals surface area (Å²) >= 11 is 2.38. The predicted molar refractivity (Wildman–Crippen MR) is 135 cm³/mol. The lowest BCUT2D eigenvalue weighted by atomic mass is 9.89. The van der Waals surface area contributed by atoms with Crippen LogP contribution in [-0.4, -0.2) is 46.2 Å². The summed E-state index contributed by atoms with van der Waals surface area (Å²) in [6.07, 6.45) is 4.65. The highest BCUT2D eigenvalue weighted by Crippen LogP contribution is 2.46. The van der Waals surface area contributed by atoms with Gasteiger partial charge in [-0.15, -0.1) is 0 Å². The normalized spacial score (nSPS) is 18.0. The topological polar surface area (TPSA) is 115 Å². The van der Waals surface area contributed by atoms with Gasteiger partial charge in [0.2, 0.25) is 10.0 Å². The molecule has 2 amide bonds. The average molecular weight is 597 g/mol. The molecule has 0 atom stereocenters. The first kappa shape index (κ1) is 24.8. The van der Waals surface area contributed by atoms with Crippen molar-refractivity contribution in [1.29, 1.82) is 5.26 Å². The van der Waals surface area contributed by atoms with Gasteiger partial charge in [0.1, 0.15) is 22.8 Å². The molecule has 4 rings (SSSR count). The average Bonchev–Trinajstić information content (AvgIpc) is 2.71. The van der Waals surface area contributed by atoms with Crippen LogP contribution < -0.4 is 10.0 Å². The number of pyridine rings is 1. The largest absolute Gasteiger partial charge is 0.332 e. The third kappa shape index (κ3) is 4.89. The number of hydrogen-bond donors (Lipinski definition) is 2. The Morgan fingerprint density at radius 3 is 2.62 bits per heavy atom. The molecule has 180 valence electrons. The lowest BCUT2D eigenvalue weighted by molar-refractivity contribution is 0.0574. The number of benzene rings is 1. The summed E-state index contributed by atoms with van der Waals surface area (Å²) in [5, 5.41) is 11.1. The van der Waals surface area contributed by atoms with Crippen LogP contribution >= 0.6 is 22.6 Å². The van der Waals surface area contributed by atoms with Crippen molar-refractivity contribution in [2.24, 2.45) is 0 Å². The fourth-order valence-corrected chi connectivity index (χ4v) is 6.59. The molecule has 1 saturated heterocycles. The summed E-state index contributed by atoms with van der Waals surface area (Å²) in [4.78, 5) is 18.9. The number of amides is 2. The van der Waals surface area contributed by atoms with E-state index in [1.807, 2.05) is 19.9 Å². The summed E-state index contributed by atoms with van der Waals surface area (Å²) in [5.74, 6) is -0.674. The van der Waals surface area contributed by atoms with Crippen molar-refractivity contribution in [2.75, 3.05) is 18.4 Å². The maximum atomic E-state index is 14.5. The number of anilines is 1. The van der Waals surface area contributed by atoms with Crippen LogP contribution in [0.2, 0.25) is 0 Å². The Labute approximate surface area is 212 Å². The van der Waals surface area contributed by atoms with E-state index in [0.29, 0.717) is 29.8 Å². The third-order valence-corrected chi connectivity index (χ3v) is 9.79. The molecule has 0 spiro atoms. The molecule has 1 saturated carbocycles. The van der Waals surface area contributed by atoms with Crippen molar-refractivity contribution in [3.63, 3.8) is 0 Å². The van der Waals surface area contributed by atoms with E-state index < -0.39 is 27.1 Å². The Balaban J connectivity index is 1.56. The molecular formula is C23H25FIN5O3S. The second kappa shape index (κ2) is 9.39. The predicted octanol–water partition coefficient (Wildman–Crippen LogP) is 4.33. The minimum atomic E-state index is -3.88. The van der Waals surface area contributed by atoms with Gasteiger partial charge in [0.15, 0.2) is 0 Å². The lowest BCUT2D eigenvalue weighted by Gasteiger charge is -2.53. The van der Waals surface area contributed by atoms with Crippen LogP contribution in [0.4, 0.5) is 14.9 Å². The van der Waals surface area contributed by atoms with Crippen LogP contribution in [0.25, 0.3) is 11.1 Å². The number of alkyl halides is 1. The zero-order valence-corrected chi connectivity index (χ0v) is 21.8. The molecule has 2 fully saturated rings. The van der Waals surface area contributed by atoms with Gasteiger partial charge in [-0.05, 0) is 60.6 Å². The third-order valence-electron chi connectivity index (χ3n) is 6.39. The summed E-state index contributed by atoms with van der Waals surface area (Å²) < 4.78 is 42.2. The number of hydrogen-bond acceptors (Lipinski definition) is 6. The molecule has 2 aliphatic rings. The van der Waals surface area contributed by atoms with E-state index in [1.54, 1.807) is 6.07 Å². The molecule has 1 aliphatic carbocycles. The number of likely N-dealkylation sites (tertiary alicyclic amines) is 1. The van der Waals surface area contributed by atoms with Gasteiger partial charge in [-0.1, -0.05) is 36.4 Å². The molecule has 0 bridgehead atoms. The van der Waals surface area contributed by atoms with Crippen LogP contribution in [0.3, 0.4) is 0 Å². The van der Waals surface area contributed by atoms with Gasteiger partial charge in [0.05, 0.1) is 9.23 Å². The first-order chi connectivity index (χ1) is 16.0. The molecule has 2 N–H and O–H groups in total. The molecule has 2 aromatic rings. The van der Waals surface area contributed by atoms with E-state index in [4.69, 9.17) is 0 Å². The minimum absolute atomic E-state index is 0.0358. The second-order valence-corrected chi connectivity index (χ2v) is 13.0. The number of aromatic nitrogens is 1. The van der Waals surface area contributed by atoms with E-state index in [0.717, 1.165) is 19.3 Å². The molecule has 2 heterocycles. The number of urea groups is 1. The highest BCUT2D eigenvalue weighted by atomic mass is 127. The first-order valence-corrected chi connectivity index (χ1v) is 13.6. The van der Waals surface area contributed by atoms with E-state index in [9.17, 15) is 22.9 Å². The van der Waals surface area contributed by atoms with E-state index in [-0.39, 0.29) is 20.8 Å². The Morgan fingerprint density at radius 2 is 2.03 bits per heavy atom. The molecular weight excluding hydrogens is 572 g/mol. The number of carbonyl (C=O) groups is 1. The molecule has 8 nitrogen and oxygen atoms in total. The summed E-state index contributed by atoms with van der Waals surface area (Å²) in [7, 11) is -3.88. The van der Waals surface area contributed by atoms with Crippen LogP contribution in [0, 0.1) is 17.1 Å². The van der Waals surface area contributed by atoms with Crippen LogP contribution in [0.15, 0.2) is 30.5 Å². The van der Waals surface area contributed by atoms with E-state index in [2.05, 4.69) is 42.5 Å². The van der Waals surface area contributed by atoms with Gasteiger partial charge in [-0.3, -0.25) is 4.90 Å². The van der Waals surface area contributed by atoms with Crippen LogP contribution in [0.5, 0.6) is 0 Å². The summed E-state index contributed by atoms with van der Waals surface area (Å²) in [5.41, 5.74) is 1.75. The standard InChI is InChI=1S/C23H25FIN5O3S/c1-14(2)19-9-16(24)10-20(15-4-7-27-17(8-15)11-26)21(19)28-22(31)29-34(32,33)18-12-30(13-18)23(25)5-3-6-23/h4,7-10,14,18H,3,5-6,12-13H2,1-2H3,(H2,28,29,31). The molecule has 1 aliphatic heterocycles. The van der Waals surface area contributed by atoms with Crippen molar-refractivity contribution in [1.82, 2.24) is 14.6 Å². The molecule has 34 heavy (non-hydrogen) atoms. The quantitative estimate of drug-likeness (QED) is 0.291. The zero-order chi connectivity index (χ0) is 24.7. The maximum absolute atomic E-state index is 14.5. The minimum Gasteiger partial charge on any atom is -0.306 e. The Kier molecular flexibility index (Phi) is 6.85. The fourth-order valence-electron chi connectivity index (χ4n) is 4.21. The summed E-state index contributed by atoms with van der Waals surface area (Å²) in [6.45, 7) is 4.46. The van der Waals surface area contributed by atoms with Crippen molar-refractivity contribution < 1.29 is 17.6 Å². The molecule has 1 aromatic heterocycles. The van der Waals surface area contributed by atoms with Gasteiger partial charge < -0.3 is 5.32 Å². The van der Waals surface area contributed by atoms with Crippen molar-refractivity contribution >= 4 is 44.3 Å². The van der Waals surface area contributed by atoms with E-state index in [1.165, 1.54) is 24.4 Å². The van der Waals surface area contributed by atoms with Crippen LogP contribution in [-0.2, 0) is 10.0 Å². The molecule has 11 heteroatoms. The van der Waals surface area contributed by atoms with E-state index >= 15 is 0 Å². The molecule has 1 aromatic carbocycles. The van der Waals surface area contributed by atoms with Gasteiger partial charge in [-0.25, -0.2) is 27.3 Å². The Morgan fingerprint density at radius 1 is 1.32 bits per heavy atom. The Bertz CT molecular complexity index is 1270. The number of carbonyl (C=O) groups excluding carboxylic acids is 1. The fraction of sp³-hybridized carbons (Fsp3) is 0.435. The van der Waals surface area contributed by atoms with Gasteiger partial charge in [0, 0.05) is 24.8 Å². The first-order valence-electron chi connectivity index (χ1n) is 11.0. The number of halogens is 2. The number of sulfonamides is 1. The Hall–Kier alpha value is -2.30. The van der Waals surface area contributed by atoms with Crippen molar-refractivity contribution in [2.45, 2.75) is 47.8 Å². The second-order valence-electron chi connectivity index (χ2n) is 9.01. The smallest absolute Gasteiger partial charge is 0.306 e. The van der Waals surface area contributed by atoms with Gasteiger partial charge in [-0.2, -0.15) is 5.26 Å². The SMILES string of the molecule is CC(C)c1cc(F)cc(-c2ccnc(C#N)c2)c1NC(=O)NS(=O)(=O)C1CN(C2(I)CCC2)C1. The number of nitriles is 1. The van der Waals surface area contributed by atoms with Gasteiger partial charge >= 0.3 is 6.03 Å². The highest BCUT2D eigenvalue weighted by molar-refractivity contribution is 14.1. The van der Waals surface area contributed by atoms with Crippen LogP contribution in [0.1, 0.15) is 50.3 Å². The number of nitrogens with one attached hydrogen (secondary N) is 2. The number of nitrogens with zero attached hydrogens (tertiary/aromatic N) is 3. The van der Waals surface area contributed by atoms with Gasteiger partial charge in [0.25, 0.3) is 0 Å². The lowest BCUT2D eigenvalue weighted by Crippen LogP contribution is -2.65. The van der Waals surface area contributed by atoms with Crippen molar-refractivity contribution in [3.8, 4) is 17.2 Å². The maximum Gasteiger partial charge on any atom is 0.332 e. The number of rotatable bonds is 6. The summed E-state index contributed by atoms with van der Waals surface area (Å²) in [6, 6.07) is 6.68. The monoisotopic (exact) mass is 597 g/mol.